The number of amides is 2. The zero-order valence-electron chi connectivity index (χ0n) is 17.4. The lowest BCUT2D eigenvalue weighted by molar-refractivity contribution is -0.113. The van der Waals surface area contributed by atoms with Crippen molar-refractivity contribution >= 4 is 40.0 Å². The molecule has 0 spiro atoms. The van der Waals surface area contributed by atoms with E-state index in [9.17, 15) is 9.59 Å². The summed E-state index contributed by atoms with van der Waals surface area (Å²) in [6, 6.07) is 10.1. The van der Waals surface area contributed by atoms with Crippen LogP contribution in [0.1, 0.15) is 33.7 Å². The van der Waals surface area contributed by atoms with Crippen LogP contribution in [0.15, 0.2) is 35.5 Å². The van der Waals surface area contributed by atoms with Gasteiger partial charge < -0.3 is 14.8 Å². The van der Waals surface area contributed by atoms with Crippen LogP contribution in [0.2, 0.25) is 0 Å². The summed E-state index contributed by atoms with van der Waals surface area (Å²) in [7, 11) is 3.37. The van der Waals surface area contributed by atoms with Gasteiger partial charge in [-0.25, -0.2) is 4.98 Å². The first-order valence-electron chi connectivity index (χ1n) is 9.46. The van der Waals surface area contributed by atoms with Gasteiger partial charge in [0, 0.05) is 27.1 Å². The van der Waals surface area contributed by atoms with E-state index in [1.807, 2.05) is 29.7 Å². The quantitative estimate of drug-likeness (QED) is 0.537. The molecule has 10 heteroatoms. The summed E-state index contributed by atoms with van der Waals surface area (Å²) >= 11 is 2.51. The van der Waals surface area contributed by atoms with Crippen molar-refractivity contribution in [2.75, 3.05) is 25.2 Å². The number of hydrogen-bond donors (Lipinski definition) is 1. The second kappa shape index (κ2) is 9.86. The molecule has 0 aliphatic carbocycles. The van der Waals surface area contributed by atoms with Gasteiger partial charge >= 0.3 is 0 Å². The van der Waals surface area contributed by atoms with Crippen molar-refractivity contribution < 1.29 is 9.59 Å². The van der Waals surface area contributed by atoms with Gasteiger partial charge in [-0.1, -0.05) is 53.4 Å². The molecule has 0 bridgehead atoms. The number of thiazole rings is 1. The van der Waals surface area contributed by atoms with Crippen LogP contribution in [0.25, 0.3) is 0 Å². The molecule has 0 saturated heterocycles. The van der Waals surface area contributed by atoms with E-state index >= 15 is 0 Å². The Bertz CT molecular complexity index is 1030. The molecule has 0 aliphatic rings. The van der Waals surface area contributed by atoms with E-state index in [-0.39, 0.29) is 17.6 Å². The lowest BCUT2D eigenvalue weighted by Crippen LogP contribution is -2.21. The van der Waals surface area contributed by atoms with Gasteiger partial charge in [-0.05, 0) is 19.4 Å². The lowest BCUT2D eigenvalue weighted by Gasteiger charge is -2.08. The number of rotatable bonds is 8. The Morgan fingerprint density at radius 3 is 2.60 bits per heavy atom. The van der Waals surface area contributed by atoms with E-state index in [0.717, 1.165) is 17.9 Å². The maximum Gasteiger partial charge on any atom is 0.265 e. The average Bonchev–Trinajstić information content (AvgIpc) is 3.28. The molecule has 0 unspecified atom stereocenters. The third-order valence-corrected chi connectivity index (χ3v) is 6.32. The predicted molar refractivity (Wildman–Crippen MR) is 119 cm³/mol. The van der Waals surface area contributed by atoms with Crippen LogP contribution in [0.3, 0.4) is 0 Å². The van der Waals surface area contributed by atoms with Crippen LogP contribution < -0.4 is 5.32 Å². The maximum atomic E-state index is 12.4. The molecule has 2 amide bonds. The third kappa shape index (κ3) is 5.25. The van der Waals surface area contributed by atoms with Crippen LogP contribution in [-0.2, 0) is 17.8 Å². The third-order valence-electron chi connectivity index (χ3n) is 4.29. The van der Waals surface area contributed by atoms with Crippen molar-refractivity contribution in [2.45, 2.75) is 32.0 Å². The molecule has 0 fully saturated rings. The summed E-state index contributed by atoms with van der Waals surface area (Å²) in [6.45, 7) is 4.51. The lowest BCUT2D eigenvalue weighted by atomic mass is 10.1. The van der Waals surface area contributed by atoms with Crippen molar-refractivity contribution in [3.05, 3.63) is 52.3 Å². The van der Waals surface area contributed by atoms with Crippen LogP contribution in [0, 0.1) is 6.92 Å². The summed E-state index contributed by atoms with van der Waals surface area (Å²) in [5.41, 5.74) is 1.77. The maximum absolute atomic E-state index is 12.4. The number of benzene rings is 1. The number of carbonyl (C=O) groups excluding carboxylic acids is 2. The van der Waals surface area contributed by atoms with Gasteiger partial charge in [-0.3, -0.25) is 9.59 Å². The van der Waals surface area contributed by atoms with Crippen LogP contribution in [-0.4, -0.2) is 56.3 Å². The molecule has 3 rings (SSSR count). The number of nitrogens with one attached hydrogen (secondary N) is 1. The van der Waals surface area contributed by atoms with Crippen molar-refractivity contribution in [3.63, 3.8) is 0 Å². The standard InChI is InChI=1S/C20H24N6O2S2/c1-5-26-15(11-14-9-7-6-8-10-14)23-24-20(26)29-12-16(27)22-19-21-13(2)17(30-19)18(28)25(3)4/h6-10H,5,11-12H2,1-4H3,(H,21,22,27). The molecule has 2 aromatic heterocycles. The Kier molecular flexibility index (Phi) is 7.22. The highest BCUT2D eigenvalue weighted by molar-refractivity contribution is 7.99. The number of hydrogen-bond acceptors (Lipinski definition) is 7. The molecule has 1 aromatic carbocycles. The van der Waals surface area contributed by atoms with E-state index in [1.54, 1.807) is 21.0 Å². The summed E-state index contributed by atoms with van der Waals surface area (Å²) in [5, 5.41) is 12.5. The van der Waals surface area contributed by atoms with Gasteiger partial charge in [-0.15, -0.1) is 10.2 Å². The molecule has 3 aromatic rings. The number of thioether (sulfide) groups is 1. The van der Waals surface area contributed by atoms with E-state index in [1.165, 1.54) is 28.0 Å². The average molecular weight is 445 g/mol. The second-order valence-electron chi connectivity index (χ2n) is 6.78. The number of anilines is 1. The largest absolute Gasteiger partial charge is 0.344 e. The first-order chi connectivity index (χ1) is 14.4. The van der Waals surface area contributed by atoms with Gasteiger partial charge in [0.1, 0.15) is 10.7 Å². The minimum atomic E-state index is -0.201. The fourth-order valence-corrected chi connectivity index (χ4v) is 4.61. The van der Waals surface area contributed by atoms with Gasteiger partial charge in [0.05, 0.1) is 11.4 Å². The molecule has 0 radical (unpaired) electrons. The molecule has 8 nitrogen and oxygen atoms in total. The minimum absolute atomic E-state index is 0.123. The van der Waals surface area contributed by atoms with Gasteiger partial charge in [0.15, 0.2) is 10.3 Å². The first-order valence-corrected chi connectivity index (χ1v) is 11.3. The molecule has 0 saturated carbocycles. The van der Waals surface area contributed by atoms with E-state index in [0.29, 0.717) is 27.3 Å². The van der Waals surface area contributed by atoms with E-state index in [4.69, 9.17) is 0 Å². The summed E-state index contributed by atoms with van der Waals surface area (Å²) in [5.74, 6) is 0.725. The zero-order chi connectivity index (χ0) is 21.7. The summed E-state index contributed by atoms with van der Waals surface area (Å²) in [6.07, 6.45) is 0.690. The molecule has 2 heterocycles. The number of aryl methyl sites for hydroxylation is 1. The highest BCUT2D eigenvalue weighted by Gasteiger charge is 2.19. The Balaban J connectivity index is 1.61. The van der Waals surface area contributed by atoms with E-state index < -0.39 is 0 Å². The van der Waals surface area contributed by atoms with Gasteiger partial charge in [-0.2, -0.15) is 0 Å². The fraction of sp³-hybridized carbons (Fsp3) is 0.350. The molecule has 0 atom stereocenters. The topological polar surface area (TPSA) is 93.0 Å². The minimum Gasteiger partial charge on any atom is -0.344 e. The predicted octanol–water partition coefficient (Wildman–Crippen LogP) is 3.09. The first kappa shape index (κ1) is 22.0. The Hall–Kier alpha value is -2.72. The molecule has 1 N–H and O–H groups in total. The highest BCUT2D eigenvalue weighted by Crippen LogP contribution is 2.24. The van der Waals surface area contributed by atoms with Crippen molar-refractivity contribution in [3.8, 4) is 0 Å². The molecular formula is C20H24N6O2S2. The monoisotopic (exact) mass is 444 g/mol. The van der Waals surface area contributed by atoms with Crippen molar-refractivity contribution in [1.29, 1.82) is 0 Å². The molecule has 158 valence electrons. The normalized spacial score (nSPS) is 10.8. The number of nitrogens with zero attached hydrogens (tertiary/aromatic N) is 5. The second-order valence-corrected chi connectivity index (χ2v) is 8.72. The Morgan fingerprint density at radius 1 is 1.20 bits per heavy atom. The SMILES string of the molecule is CCn1c(Cc2ccccc2)nnc1SCC(=O)Nc1nc(C)c(C(=O)N(C)C)s1. The van der Waals surface area contributed by atoms with Gasteiger partial charge in [0.25, 0.3) is 5.91 Å². The highest BCUT2D eigenvalue weighted by atomic mass is 32.2. The van der Waals surface area contributed by atoms with Crippen LogP contribution in [0.4, 0.5) is 5.13 Å². The van der Waals surface area contributed by atoms with Crippen LogP contribution in [0.5, 0.6) is 0 Å². The molecule has 30 heavy (non-hydrogen) atoms. The van der Waals surface area contributed by atoms with Crippen molar-refractivity contribution in [2.24, 2.45) is 0 Å². The molecule has 0 aliphatic heterocycles. The molecular weight excluding hydrogens is 420 g/mol. The zero-order valence-corrected chi connectivity index (χ0v) is 19.0. The number of aromatic nitrogens is 4. The van der Waals surface area contributed by atoms with E-state index in [2.05, 4.69) is 32.6 Å². The Labute approximate surface area is 183 Å². The smallest absolute Gasteiger partial charge is 0.265 e. The Morgan fingerprint density at radius 2 is 1.93 bits per heavy atom. The summed E-state index contributed by atoms with van der Waals surface area (Å²) in [4.78, 5) is 30.8. The van der Waals surface area contributed by atoms with Crippen molar-refractivity contribution in [1.82, 2.24) is 24.6 Å². The number of carbonyl (C=O) groups is 2. The van der Waals surface area contributed by atoms with Crippen LogP contribution >= 0.6 is 23.1 Å². The fourth-order valence-electron chi connectivity index (χ4n) is 2.79. The van der Waals surface area contributed by atoms with Gasteiger partial charge in [0.2, 0.25) is 5.91 Å². The summed E-state index contributed by atoms with van der Waals surface area (Å²) < 4.78 is 2.02.